The van der Waals surface area contributed by atoms with E-state index in [9.17, 15) is 19.1 Å². The maximum absolute atomic E-state index is 14.1. The molecule has 1 atom stereocenters. The summed E-state index contributed by atoms with van der Waals surface area (Å²) in [7, 11) is 0. The Labute approximate surface area is 240 Å². The molecule has 1 saturated heterocycles. The third kappa shape index (κ3) is 5.12. The number of nitrogens with zero attached hydrogens (tertiary/aromatic N) is 3. The van der Waals surface area contributed by atoms with E-state index in [4.69, 9.17) is 0 Å². The Morgan fingerprint density at radius 1 is 1.08 bits per heavy atom. The highest BCUT2D eigenvalue weighted by molar-refractivity contribution is 14.1. The summed E-state index contributed by atoms with van der Waals surface area (Å²) >= 11 is 4.62. The third-order valence-corrected chi connectivity index (χ3v) is 9.01. The van der Waals surface area contributed by atoms with Gasteiger partial charge in [-0.15, -0.1) is 10.2 Å². The highest BCUT2D eigenvalue weighted by Gasteiger charge is 2.48. The molecule has 1 aliphatic rings. The van der Waals surface area contributed by atoms with E-state index in [1.165, 1.54) is 22.7 Å². The van der Waals surface area contributed by atoms with Gasteiger partial charge in [-0.05, 0) is 77.4 Å². The van der Waals surface area contributed by atoms with Gasteiger partial charge in [-0.3, -0.25) is 14.5 Å². The lowest BCUT2D eigenvalue weighted by Gasteiger charge is -2.22. The second kappa shape index (κ2) is 11.0. The summed E-state index contributed by atoms with van der Waals surface area (Å²) in [6, 6.07) is 18.6. The van der Waals surface area contributed by atoms with Gasteiger partial charge in [0.15, 0.2) is 4.34 Å². The summed E-state index contributed by atoms with van der Waals surface area (Å²) in [5.41, 5.74) is 3.38. The highest BCUT2D eigenvalue weighted by atomic mass is 127. The summed E-state index contributed by atoms with van der Waals surface area (Å²) in [6.07, 6.45) is 0. The number of halogens is 2. The molecule has 10 heteroatoms. The van der Waals surface area contributed by atoms with Crippen molar-refractivity contribution in [3.05, 3.63) is 110 Å². The van der Waals surface area contributed by atoms with Crippen LogP contribution in [0.15, 0.2) is 76.6 Å². The first-order valence-corrected chi connectivity index (χ1v) is 14.5. The monoisotopic (exact) mass is 657 g/mol. The fourth-order valence-corrected chi connectivity index (χ4v) is 6.45. The van der Waals surface area contributed by atoms with E-state index < -0.39 is 17.7 Å². The second-order valence-electron chi connectivity index (χ2n) is 8.77. The summed E-state index contributed by atoms with van der Waals surface area (Å²) in [4.78, 5) is 28.1. The molecule has 0 aliphatic carbocycles. The van der Waals surface area contributed by atoms with Crippen molar-refractivity contribution >= 4 is 68.3 Å². The van der Waals surface area contributed by atoms with Crippen molar-refractivity contribution in [2.24, 2.45) is 0 Å². The zero-order valence-corrected chi connectivity index (χ0v) is 24.1. The number of carbonyl (C=O) groups excluding carboxylic acids is 2. The van der Waals surface area contributed by atoms with Gasteiger partial charge < -0.3 is 5.11 Å². The number of aliphatic hydroxyl groups is 1. The number of carbonyl (C=O) groups is 2. The minimum atomic E-state index is -0.885. The zero-order chi connectivity index (χ0) is 27.0. The van der Waals surface area contributed by atoms with E-state index in [0.717, 1.165) is 26.0 Å². The van der Waals surface area contributed by atoms with Crippen molar-refractivity contribution in [2.45, 2.75) is 30.0 Å². The van der Waals surface area contributed by atoms with Crippen LogP contribution in [0.4, 0.5) is 9.52 Å². The molecule has 1 amide bonds. The molecule has 1 aliphatic heterocycles. The Bertz CT molecular complexity index is 1590. The molecular weight excluding hydrogens is 636 g/mol. The van der Waals surface area contributed by atoms with Crippen molar-refractivity contribution in [3.8, 4) is 0 Å². The fourth-order valence-electron chi connectivity index (χ4n) is 4.24. The molecule has 3 aromatic carbocycles. The van der Waals surface area contributed by atoms with Gasteiger partial charge in [0.2, 0.25) is 5.13 Å². The summed E-state index contributed by atoms with van der Waals surface area (Å²) in [5, 5.41) is 20.0. The number of ketones is 1. The van der Waals surface area contributed by atoms with Gasteiger partial charge in [0.05, 0.1) is 11.6 Å². The second-order valence-corrected chi connectivity index (χ2v) is 12.2. The van der Waals surface area contributed by atoms with Crippen molar-refractivity contribution in [3.63, 3.8) is 0 Å². The van der Waals surface area contributed by atoms with Gasteiger partial charge in [-0.1, -0.05) is 71.1 Å². The van der Waals surface area contributed by atoms with Crippen molar-refractivity contribution in [1.82, 2.24) is 10.2 Å². The summed E-state index contributed by atoms with van der Waals surface area (Å²) in [6.45, 7) is 3.74. The molecule has 192 valence electrons. The first kappa shape index (κ1) is 26.5. The predicted octanol–water partition coefficient (Wildman–Crippen LogP) is 6.82. The normalized spacial score (nSPS) is 16.8. The zero-order valence-electron chi connectivity index (χ0n) is 20.3. The number of anilines is 1. The number of aliphatic hydroxyl groups excluding tert-OH is 1. The van der Waals surface area contributed by atoms with Crippen molar-refractivity contribution in [2.75, 3.05) is 4.90 Å². The SMILES string of the molecule is Cc1ccc(C)c(/C(O)=C2\C(=O)C(=O)N(c3nnc(SCc4ccccc4F)s3)C2c2ccc(I)cc2)c1. The van der Waals surface area contributed by atoms with Crippen LogP contribution < -0.4 is 4.90 Å². The Morgan fingerprint density at radius 3 is 2.55 bits per heavy atom. The van der Waals surface area contributed by atoms with Crippen LogP contribution in [0.5, 0.6) is 0 Å². The number of rotatable bonds is 6. The molecular formula is C28H21FIN3O3S2. The van der Waals surface area contributed by atoms with Gasteiger partial charge in [-0.2, -0.15) is 0 Å². The van der Waals surface area contributed by atoms with Crippen molar-refractivity contribution < 1.29 is 19.1 Å². The third-order valence-electron chi connectivity index (χ3n) is 6.19. The first-order valence-electron chi connectivity index (χ1n) is 11.6. The number of aromatic nitrogens is 2. The van der Waals surface area contributed by atoms with Crippen LogP contribution in [-0.2, 0) is 15.3 Å². The van der Waals surface area contributed by atoms with E-state index >= 15 is 0 Å². The molecule has 0 saturated carbocycles. The van der Waals surface area contributed by atoms with Crippen molar-refractivity contribution in [1.29, 1.82) is 0 Å². The van der Waals surface area contributed by atoms with Crippen LogP contribution in [-0.4, -0.2) is 27.0 Å². The minimum Gasteiger partial charge on any atom is -0.507 e. The van der Waals surface area contributed by atoms with Gasteiger partial charge in [0, 0.05) is 14.9 Å². The van der Waals surface area contributed by atoms with E-state index in [1.807, 2.05) is 50.2 Å². The smallest absolute Gasteiger partial charge is 0.301 e. The van der Waals surface area contributed by atoms with Gasteiger partial charge in [0.25, 0.3) is 5.78 Å². The topological polar surface area (TPSA) is 83.4 Å². The van der Waals surface area contributed by atoms with Crippen LogP contribution in [0.3, 0.4) is 0 Å². The highest BCUT2D eigenvalue weighted by Crippen LogP contribution is 2.44. The lowest BCUT2D eigenvalue weighted by atomic mass is 9.93. The molecule has 4 aromatic rings. The fraction of sp³-hybridized carbons (Fsp3) is 0.143. The Kier molecular flexibility index (Phi) is 7.64. The van der Waals surface area contributed by atoms with Crippen LogP contribution in [0.1, 0.15) is 33.9 Å². The molecule has 1 fully saturated rings. The molecule has 0 spiro atoms. The Hall–Kier alpha value is -3.09. The number of amides is 1. The lowest BCUT2D eigenvalue weighted by Crippen LogP contribution is -2.29. The minimum absolute atomic E-state index is 0.000618. The number of benzene rings is 3. The molecule has 0 bridgehead atoms. The molecule has 2 heterocycles. The number of Topliss-reactive ketones (excluding diaryl/α,β-unsaturated/α-hetero) is 1. The van der Waals surface area contributed by atoms with E-state index in [2.05, 4.69) is 32.8 Å². The van der Waals surface area contributed by atoms with E-state index in [1.54, 1.807) is 24.3 Å². The Morgan fingerprint density at radius 2 is 1.82 bits per heavy atom. The van der Waals surface area contributed by atoms with Crippen LogP contribution in [0.25, 0.3) is 5.76 Å². The summed E-state index contributed by atoms with van der Waals surface area (Å²) < 4.78 is 15.6. The first-order chi connectivity index (χ1) is 18.2. The molecule has 6 nitrogen and oxygen atoms in total. The summed E-state index contributed by atoms with van der Waals surface area (Å²) in [5.74, 6) is -1.77. The molecule has 1 N–H and O–H groups in total. The van der Waals surface area contributed by atoms with Gasteiger partial charge >= 0.3 is 5.91 Å². The Balaban J connectivity index is 1.57. The average molecular weight is 658 g/mol. The number of thioether (sulfide) groups is 1. The van der Waals surface area contributed by atoms with Crippen LogP contribution in [0, 0.1) is 23.2 Å². The maximum Gasteiger partial charge on any atom is 0.301 e. The average Bonchev–Trinajstić information content (AvgIpc) is 3.47. The molecule has 1 unspecified atom stereocenters. The number of aryl methyl sites for hydroxylation is 2. The van der Waals surface area contributed by atoms with E-state index in [-0.39, 0.29) is 22.3 Å². The predicted molar refractivity (Wildman–Crippen MR) is 156 cm³/mol. The lowest BCUT2D eigenvalue weighted by molar-refractivity contribution is -0.132. The molecule has 1 aromatic heterocycles. The molecule has 5 rings (SSSR count). The largest absolute Gasteiger partial charge is 0.507 e. The molecule has 0 radical (unpaired) electrons. The van der Waals surface area contributed by atoms with Gasteiger partial charge in [-0.25, -0.2) is 4.39 Å². The maximum atomic E-state index is 14.1. The van der Waals surface area contributed by atoms with Crippen LogP contribution >= 0.6 is 45.7 Å². The number of hydrogen-bond acceptors (Lipinski definition) is 7. The standard InChI is InChI=1S/C28H21FIN3O3S2/c1-15-7-8-16(2)20(13-15)24(34)22-23(17-9-11-19(30)12-10-17)33(26(36)25(22)35)27-31-32-28(38-27)37-14-18-5-3-4-6-21(18)29/h3-13,23,34H,14H2,1-2H3/b24-22+. The quantitative estimate of drug-likeness (QED) is 0.0613. The number of hydrogen-bond donors (Lipinski definition) is 1. The van der Waals surface area contributed by atoms with Crippen LogP contribution in [0.2, 0.25) is 0 Å². The molecule has 38 heavy (non-hydrogen) atoms. The van der Waals surface area contributed by atoms with Gasteiger partial charge in [0.1, 0.15) is 11.6 Å². The van der Waals surface area contributed by atoms with E-state index in [0.29, 0.717) is 26.8 Å².